The molecule has 0 aromatic heterocycles. The van der Waals surface area contributed by atoms with Gasteiger partial charge >= 0.3 is 0 Å². The number of benzene rings is 2. The Labute approximate surface area is 155 Å². The summed E-state index contributed by atoms with van der Waals surface area (Å²) in [6.07, 6.45) is 2.07. The third-order valence-electron chi connectivity index (χ3n) is 4.56. The summed E-state index contributed by atoms with van der Waals surface area (Å²) in [7, 11) is 1.42. The maximum absolute atomic E-state index is 13.1. The molecule has 1 unspecified atom stereocenters. The topological polar surface area (TPSA) is 85.9 Å². The summed E-state index contributed by atoms with van der Waals surface area (Å²) in [4.78, 5) is 24.2. The molecule has 8 heteroatoms. The zero-order chi connectivity index (χ0) is 19.4. The molecule has 1 fully saturated rings. The molecule has 1 atom stereocenters. The van der Waals surface area contributed by atoms with Gasteiger partial charge in [0.1, 0.15) is 23.8 Å². The summed E-state index contributed by atoms with van der Waals surface area (Å²) in [6, 6.07) is 10.9. The van der Waals surface area contributed by atoms with Gasteiger partial charge in [-0.2, -0.15) is 0 Å². The molecule has 0 radical (unpaired) electrons. The zero-order valence-electron chi connectivity index (χ0n) is 14.9. The predicted octanol–water partition coefficient (Wildman–Crippen LogP) is 1.93. The normalized spacial score (nSPS) is 14.4. The number of anilines is 1. The summed E-state index contributed by atoms with van der Waals surface area (Å²) in [5, 5.41) is 13.9. The minimum atomic E-state index is -0.553. The van der Waals surface area contributed by atoms with Crippen molar-refractivity contribution >= 4 is 17.3 Å². The van der Waals surface area contributed by atoms with Crippen LogP contribution in [-0.4, -0.2) is 30.5 Å². The summed E-state index contributed by atoms with van der Waals surface area (Å²) < 4.78 is 18.1. The van der Waals surface area contributed by atoms with Gasteiger partial charge in [-0.3, -0.25) is 14.9 Å². The SMILES string of the molecule is COc1ccc(NC(=O)C[NH+](Cc2ccc(F)cc2)C2CC2)c([N+](=O)[O-])c1. The highest BCUT2D eigenvalue weighted by Crippen LogP contribution is 2.28. The second-order valence-electron chi connectivity index (χ2n) is 6.60. The number of nitrogens with zero attached hydrogens (tertiary/aromatic N) is 1. The third-order valence-corrected chi connectivity index (χ3v) is 4.56. The average Bonchev–Trinajstić information content (AvgIpc) is 3.48. The van der Waals surface area contributed by atoms with Crippen molar-refractivity contribution in [2.45, 2.75) is 25.4 Å². The number of carbonyl (C=O) groups is 1. The minimum absolute atomic E-state index is 0.141. The number of nitrogens with one attached hydrogen (secondary N) is 2. The van der Waals surface area contributed by atoms with Crippen LogP contribution in [0.3, 0.4) is 0 Å². The highest BCUT2D eigenvalue weighted by Gasteiger charge is 2.35. The van der Waals surface area contributed by atoms with E-state index >= 15 is 0 Å². The van der Waals surface area contributed by atoms with Crippen molar-refractivity contribution in [3.63, 3.8) is 0 Å². The van der Waals surface area contributed by atoms with Crippen molar-refractivity contribution in [1.82, 2.24) is 0 Å². The zero-order valence-corrected chi connectivity index (χ0v) is 14.9. The van der Waals surface area contributed by atoms with E-state index in [2.05, 4.69) is 5.32 Å². The summed E-state index contributed by atoms with van der Waals surface area (Å²) in [6.45, 7) is 0.786. The number of hydrogen-bond donors (Lipinski definition) is 2. The van der Waals surface area contributed by atoms with E-state index in [0.717, 1.165) is 23.3 Å². The number of rotatable bonds is 8. The molecule has 27 heavy (non-hydrogen) atoms. The Morgan fingerprint density at radius 3 is 2.59 bits per heavy atom. The van der Waals surface area contributed by atoms with E-state index in [1.54, 1.807) is 18.2 Å². The van der Waals surface area contributed by atoms with Gasteiger partial charge in [0.2, 0.25) is 0 Å². The van der Waals surface area contributed by atoms with Crippen LogP contribution in [0.15, 0.2) is 42.5 Å². The first-order valence-electron chi connectivity index (χ1n) is 8.67. The average molecular weight is 374 g/mol. The Morgan fingerprint density at radius 2 is 2.00 bits per heavy atom. The fraction of sp³-hybridized carbons (Fsp3) is 0.316. The van der Waals surface area contributed by atoms with Gasteiger partial charge in [-0.05, 0) is 24.3 Å². The van der Waals surface area contributed by atoms with Crippen LogP contribution in [0, 0.1) is 15.9 Å². The molecular weight excluding hydrogens is 353 g/mol. The number of quaternary nitrogens is 1. The molecule has 1 saturated carbocycles. The molecule has 0 heterocycles. The van der Waals surface area contributed by atoms with E-state index in [-0.39, 0.29) is 29.6 Å². The first kappa shape index (κ1) is 18.8. The Balaban J connectivity index is 1.68. The van der Waals surface area contributed by atoms with Crippen LogP contribution in [0.25, 0.3) is 0 Å². The standard InChI is InChI=1S/C19H20FN3O4/c1-27-16-8-9-17(18(10-16)23(25)26)21-19(24)12-22(15-6-7-15)11-13-2-4-14(20)5-3-13/h2-5,8-10,15H,6-7,11-12H2,1H3,(H,21,24)/p+1. The van der Waals surface area contributed by atoms with Gasteiger partial charge in [0.25, 0.3) is 11.6 Å². The van der Waals surface area contributed by atoms with Gasteiger partial charge in [0.05, 0.1) is 24.1 Å². The van der Waals surface area contributed by atoms with Crippen LogP contribution in [0.5, 0.6) is 5.75 Å². The quantitative estimate of drug-likeness (QED) is 0.546. The molecule has 1 aliphatic carbocycles. The maximum Gasteiger partial charge on any atom is 0.296 e. The Morgan fingerprint density at radius 1 is 1.30 bits per heavy atom. The van der Waals surface area contributed by atoms with Gasteiger partial charge in [-0.15, -0.1) is 0 Å². The molecule has 0 saturated heterocycles. The molecule has 2 aromatic carbocycles. The molecule has 1 aliphatic rings. The van der Waals surface area contributed by atoms with E-state index in [0.29, 0.717) is 18.3 Å². The first-order valence-corrected chi connectivity index (χ1v) is 8.67. The third kappa shape index (κ3) is 5.01. The Kier molecular flexibility index (Phi) is 5.66. The number of ether oxygens (including phenoxy) is 1. The summed E-state index contributed by atoms with van der Waals surface area (Å²) >= 11 is 0. The predicted molar refractivity (Wildman–Crippen MR) is 97.2 cm³/mol. The van der Waals surface area contributed by atoms with Crippen molar-refractivity contribution in [1.29, 1.82) is 0 Å². The number of nitro groups is 1. The van der Waals surface area contributed by atoms with E-state index in [4.69, 9.17) is 4.74 Å². The van der Waals surface area contributed by atoms with Crippen LogP contribution < -0.4 is 15.0 Å². The van der Waals surface area contributed by atoms with Crippen molar-refractivity contribution < 1.29 is 23.7 Å². The first-order chi connectivity index (χ1) is 13.0. The molecule has 0 spiro atoms. The molecule has 2 aromatic rings. The summed E-state index contributed by atoms with van der Waals surface area (Å²) in [5.41, 5.74) is 0.874. The maximum atomic E-state index is 13.1. The largest absolute Gasteiger partial charge is 0.496 e. The summed E-state index contributed by atoms with van der Waals surface area (Å²) in [5.74, 6) is -0.246. The molecular formula is C19H21FN3O4+. The monoisotopic (exact) mass is 374 g/mol. The lowest BCUT2D eigenvalue weighted by Gasteiger charge is -2.19. The Hall–Kier alpha value is -3.00. The second kappa shape index (κ2) is 8.13. The molecule has 3 rings (SSSR count). The van der Waals surface area contributed by atoms with Gasteiger partial charge in [-0.25, -0.2) is 4.39 Å². The van der Waals surface area contributed by atoms with Gasteiger partial charge in [0.15, 0.2) is 6.54 Å². The molecule has 0 aliphatic heterocycles. The van der Waals surface area contributed by atoms with Crippen LogP contribution in [-0.2, 0) is 11.3 Å². The number of hydrogen-bond acceptors (Lipinski definition) is 4. The van der Waals surface area contributed by atoms with Crippen LogP contribution in [0.2, 0.25) is 0 Å². The highest BCUT2D eigenvalue weighted by atomic mass is 19.1. The molecule has 1 amide bonds. The molecule has 0 bridgehead atoms. The number of carbonyl (C=O) groups excluding carboxylic acids is 1. The number of amides is 1. The van der Waals surface area contributed by atoms with Gasteiger partial charge < -0.3 is 15.0 Å². The van der Waals surface area contributed by atoms with Gasteiger partial charge in [0, 0.05) is 18.4 Å². The van der Waals surface area contributed by atoms with E-state index in [1.165, 1.54) is 31.4 Å². The lowest BCUT2D eigenvalue weighted by molar-refractivity contribution is -0.916. The minimum Gasteiger partial charge on any atom is -0.496 e. The number of methoxy groups -OCH3 is 1. The fourth-order valence-corrected chi connectivity index (χ4v) is 3.00. The fourth-order valence-electron chi connectivity index (χ4n) is 3.00. The highest BCUT2D eigenvalue weighted by molar-refractivity contribution is 5.93. The van der Waals surface area contributed by atoms with Crippen molar-refractivity contribution in [2.75, 3.05) is 19.0 Å². The molecule has 142 valence electrons. The van der Waals surface area contributed by atoms with Crippen molar-refractivity contribution in [3.8, 4) is 5.75 Å². The lowest BCUT2D eigenvalue weighted by Crippen LogP contribution is -3.13. The van der Waals surface area contributed by atoms with E-state index in [1.807, 2.05) is 0 Å². The number of nitro benzene ring substituents is 1. The molecule has 7 nitrogen and oxygen atoms in total. The Bertz CT molecular complexity index is 837. The molecule has 2 N–H and O–H groups in total. The second-order valence-corrected chi connectivity index (χ2v) is 6.60. The van der Waals surface area contributed by atoms with E-state index in [9.17, 15) is 19.3 Å². The van der Waals surface area contributed by atoms with Crippen LogP contribution in [0.4, 0.5) is 15.8 Å². The number of halogens is 1. The van der Waals surface area contributed by atoms with Gasteiger partial charge in [-0.1, -0.05) is 12.1 Å². The smallest absolute Gasteiger partial charge is 0.296 e. The van der Waals surface area contributed by atoms with Crippen LogP contribution >= 0.6 is 0 Å². The van der Waals surface area contributed by atoms with Crippen molar-refractivity contribution in [2.24, 2.45) is 0 Å². The van der Waals surface area contributed by atoms with Crippen molar-refractivity contribution in [3.05, 3.63) is 64.0 Å². The van der Waals surface area contributed by atoms with E-state index < -0.39 is 4.92 Å². The lowest BCUT2D eigenvalue weighted by atomic mass is 10.2. The van der Waals surface area contributed by atoms with Crippen LogP contribution in [0.1, 0.15) is 18.4 Å².